The van der Waals surface area contributed by atoms with Gasteiger partial charge in [-0.2, -0.15) is 0 Å². The first-order valence-corrected chi connectivity index (χ1v) is 5.93. The van der Waals surface area contributed by atoms with E-state index >= 15 is 0 Å². The van der Waals surface area contributed by atoms with E-state index in [1.165, 1.54) is 16.8 Å². The van der Waals surface area contributed by atoms with Crippen LogP contribution in [0.5, 0.6) is 0 Å². The topological polar surface area (TPSA) is 32.3 Å². The van der Waals surface area contributed by atoms with Crippen molar-refractivity contribution in [1.29, 1.82) is 0 Å². The van der Waals surface area contributed by atoms with Crippen LogP contribution in [0, 0.1) is 0 Å². The Labute approximate surface area is 95.4 Å². The Hall–Kier alpha value is -1.35. The van der Waals surface area contributed by atoms with Crippen molar-refractivity contribution in [2.75, 3.05) is 31.1 Å². The summed E-state index contributed by atoms with van der Waals surface area (Å²) in [5.41, 5.74) is 3.79. The Morgan fingerprint density at radius 3 is 2.75 bits per heavy atom. The van der Waals surface area contributed by atoms with Crippen LogP contribution in [0.4, 0.5) is 5.69 Å². The molecule has 1 aromatic rings. The lowest BCUT2D eigenvalue weighted by Crippen LogP contribution is -2.43. The second kappa shape index (κ2) is 3.91. The summed E-state index contributed by atoms with van der Waals surface area (Å²) >= 11 is 0. The Bertz CT molecular complexity index is 422. The number of piperazine rings is 1. The van der Waals surface area contributed by atoms with Crippen LogP contribution in [0.1, 0.15) is 11.1 Å². The quantitative estimate of drug-likeness (QED) is 0.752. The maximum atomic E-state index is 11.5. The van der Waals surface area contributed by atoms with Crippen LogP contribution in [-0.4, -0.2) is 32.0 Å². The van der Waals surface area contributed by atoms with Gasteiger partial charge in [-0.1, -0.05) is 12.1 Å². The van der Waals surface area contributed by atoms with Gasteiger partial charge in [-0.3, -0.25) is 4.79 Å². The van der Waals surface area contributed by atoms with Crippen molar-refractivity contribution in [3.05, 3.63) is 29.3 Å². The Morgan fingerprint density at radius 2 is 1.94 bits per heavy atom. The van der Waals surface area contributed by atoms with E-state index in [0.29, 0.717) is 18.6 Å². The van der Waals surface area contributed by atoms with Gasteiger partial charge in [0.15, 0.2) is 0 Å². The van der Waals surface area contributed by atoms with E-state index < -0.39 is 0 Å². The van der Waals surface area contributed by atoms with Crippen molar-refractivity contribution in [3.63, 3.8) is 0 Å². The number of carbonyl (C=O) groups excluding carboxylic acids is 1. The number of rotatable bonds is 1. The van der Waals surface area contributed by atoms with Gasteiger partial charge in [0.2, 0.25) is 0 Å². The SMILES string of the molecule is O=C1Cc2cccc(N3CCNCC3)c2C1. The van der Waals surface area contributed by atoms with Crippen molar-refractivity contribution in [1.82, 2.24) is 5.32 Å². The van der Waals surface area contributed by atoms with Crippen LogP contribution in [-0.2, 0) is 17.6 Å². The molecule has 3 rings (SSSR count). The van der Waals surface area contributed by atoms with E-state index in [9.17, 15) is 4.79 Å². The summed E-state index contributed by atoms with van der Waals surface area (Å²) in [7, 11) is 0. The lowest BCUT2D eigenvalue weighted by molar-refractivity contribution is -0.117. The molecule has 1 fully saturated rings. The zero-order valence-electron chi connectivity index (χ0n) is 9.33. The average Bonchev–Trinajstić information content (AvgIpc) is 2.70. The first-order valence-electron chi connectivity index (χ1n) is 5.93. The molecule has 1 aliphatic carbocycles. The second-order valence-electron chi connectivity index (χ2n) is 4.54. The molecule has 84 valence electrons. The molecular formula is C13H16N2O. The van der Waals surface area contributed by atoms with Gasteiger partial charge in [-0.05, 0) is 17.2 Å². The summed E-state index contributed by atoms with van der Waals surface area (Å²) in [6.07, 6.45) is 1.27. The number of carbonyl (C=O) groups is 1. The van der Waals surface area contributed by atoms with Crippen LogP contribution < -0.4 is 10.2 Å². The molecule has 0 saturated carbocycles. The molecule has 1 aliphatic heterocycles. The van der Waals surface area contributed by atoms with Gasteiger partial charge in [0.05, 0.1) is 0 Å². The lowest BCUT2D eigenvalue weighted by atomic mass is 10.1. The number of anilines is 1. The highest BCUT2D eigenvalue weighted by molar-refractivity contribution is 5.90. The van der Waals surface area contributed by atoms with E-state index in [1.54, 1.807) is 0 Å². The molecule has 2 aliphatic rings. The number of hydrogen-bond donors (Lipinski definition) is 1. The molecule has 0 atom stereocenters. The number of ketones is 1. The van der Waals surface area contributed by atoms with Crippen molar-refractivity contribution in [2.24, 2.45) is 0 Å². The van der Waals surface area contributed by atoms with Gasteiger partial charge >= 0.3 is 0 Å². The zero-order chi connectivity index (χ0) is 11.0. The molecule has 0 aromatic heterocycles. The molecular weight excluding hydrogens is 200 g/mol. The number of Topliss-reactive ketones (excluding diaryl/α,β-unsaturated/α-hetero) is 1. The normalized spacial score (nSPS) is 20.0. The third-order valence-electron chi connectivity index (χ3n) is 3.47. The van der Waals surface area contributed by atoms with Crippen LogP contribution in [0.15, 0.2) is 18.2 Å². The van der Waals surface area contributed by atoms with Gasteiger partial charge in [-0.25, -0.2) is 0 Å². The third kappa shape index (κ3) is 1.61. The van der Waals surface area contributed by atoms with Crippen LogP contribution in [0.25, 0.3) is 0 Å². The summed E-state index contributed by atoms with van der Waals surface area (Å²) in [6.45, 7) is 4.17. The summed E-state index contributed by atoms with van der Waals surface area (Å²) in [4.78, 5) is 13.9. The molecule has 0 spiro atoms. The van der Waals surface area contributed by atoms with Crippen LogP contribution in [0.2, 0.25) is 0 Å². The maximum absolute atomic E-state index is 11.5. The summed E-state index contributed by atoms with van der Waals surface area (Å²) in [6, 6.07) is 6.32. The summed E-state index contributed by atoms with van der Waals surface area (Å²) < 4.78 is 0. The molecule has 0 radical (unpaired) electrons. The fourth-order valence-corrected chi connectivity index (χ4v) is 2.66. The van der Waals surface area contributed by atoms with Crippen molar-refractivity contribution in [3.8, 4) is 0 Å². The smallest absolute Gasteiger partial charge is 0.141 e. The molecule has 1 saturated heterocycles. The molecule has 1 heterocycles. The molecule has 16 heavy (non-hydrogen) atoms. The number of benzene rings is 1. The zero-order valence-corrected chi connectivity index (χ0v) is 9.33. The number of hydrogen-bond acceptors (Lipinski definition) is 3. The van der Waals surface area contributed by atoms with Gasteiger partial charge in [0, 0.05) is 44.7 Å². The van der Waals surface area contributed by atoms with E-state index in [-0.39, 0.29) is 0 Å². The van der Waals surface area contributed by atoms with E-state index in [2.05, 4.69) is 28.4 Å². The predicted molar refractivity (Wildman–Crippen MR) is 63.9 cm³/mol. The van der Waals surface area contributed by atoms with Gasteiger partial charge in [0.25, 0.3) is 0 Å². The molecule has 1 N–H and O–H groups in total. The number of nitrogens with one attached hydrogen (secondary N) is 1. The highest BCUT2D eigenvalue weighted by Crippen LogP contribution is 2.29. The molecule has 0 bridgehead atoms. The number of fused-ring (bicyclic) bond motifs is 1. The predicted octanol–water partition coefficient (Wildman–Crippen LogP) is 0.764. The monoisotopic (exact) mass is 216 g/mol. The van der Waals surface area contributed by atoms with Crippen LogP contribution >= 0.6 is 0 Å². The van der Waals surface area contributed by atoms with E-state index in [1.807, 2.05) is 0 Å². The highest BCUT2D eigenvalue weighted by atomic mass is 16.1. The van der Waals surface area contributed by atoms with Crippen LogP contribution in [0.3, 0.4) is 0 Å². The highest BCUT2D eigenvalue weighted by Gasteiger charge is 2.23. The van der Waals surface area contributed by atoms with Gasteiger partial charge in [0.1, 0.15) is 5.78 Å². The fraction of sp³-hybridized carbons (Fsp3) is 0.462. The molecule has 0 amide bonds. The first-order chi connectivity index (χ1) is 7.84. The maximum Gasteiger partial charge on any atom is 0.141 e. The molecule has 3 nitrogen and oxygen atoms in total. The summed E-state index contributed by atoms with van der Waals surface area (Å²) in [5.74, 6) is 0.359. The van der Waals surface area contributed by atoms with E-state index in [4.69, 9.17) is 0 Å². The lowest BCUT2D eigenvalue weighted by Gasteiger charge is -2.31. The second-order valence-corrected chi connectivity index (χ2v) is 4.54. The van der Waals surface area contributed by atoms with E-state index in [0.717, 1.165) is 26.2 Å². The van der Waals surface area contributed by atoms with Crippen molar-refractivity contribution >= 4 is 11.5 Å². The third-order valence-corrected chi connectivity index (χ3v) is 3.47. The summed E-state index contributed by atoms with van der Waals surface area (Å²) in [5, 5.41) is 3.35. The minimum atomic E-state index is 0.359. The molecule has 3 heteroatoms. The minimum Gasteiger partial charge on any atom is -0.369 e. The van der Waals surface area contributed by atoms with Gasteiger partial charge in [-0.15, -0.1) is 0 Å². The Kier molecular flexibility index (Phi) is 2.40. The Balaban J connectivity index is 1.95. The molecule has 0 unspecified atom stereocenters. The minimum absolute atomic E-state index is 0.359. The molecule has 1 aromatic carbocycles. The van der Waals surface area contributed by atoms with Crippen molar-refractivity contribution in [2.45, 2.75) is 12.8 Å². The average molecular weight is 216 g/mol. The standard InChI is InChI=1S/C13H16N2O/c16-11-8-10-2-1-3-13(12(10)9-11)15-6-4-14-5-7-15/h1-3,14H,4-9H2. The van der Waals surface area contributed by atoms with Crippen molar-refractivity contribution < 1.29 is 4.79 Å². The fourth-order valence-electron chi connectivity index (χ4n) is 2.66. The van der Waals surface area contributed by atoms with Gasteiger partial charge < -0.3 is 10.2 Å². The number of nitrogens with zero attached hydrogens (tertiary/aromatic N) is 1. The first kappa shape index (κ1) is 9.85. The Morgan fingerprint density at radius 1 is 1.12 bits per heavy atom. The largest absolute Gasteiger partial charge is 0.369 e.